The maximum Gasteiger partial charge on any atom is 0.233 e. The molecule has 0 unspecified atom stereocenters. The number of aromatic nitrogens is 1. The van der Waals surface area contributed by atoms with Gasteiger partial charge in [0.25, 0.3) is 0 Å². The van der Waals surface area contributed by atoms with E-state index in [-0.39, 0.29) is 0 Å². The van der Waals surface area contributed by atoms with Crippen molar-refractivity contribution in [1.29, 1.82) is 5.26 Å². The number of nitrogens with zero attached hydrogens (tertiary/aromatic N) is 2. The van der Waals surface area contributed by atoms with Crippen LogP contribution in [0.2, 0.25) is 0 Å². The van der Waals surface area contributed by atoms with Crippen molar-refractivity contribution in [1.82, 2.24) is 4.98 Å². The number of pyridine rings is 1. The zero-order valence-electron chi connectivity index (χ0n) is 9.02. The predicted molar refractivity (Wildman–Crippen MR) is 75.3 cm³/mol. The Morgan fingerprint density at radius 2 is 2.06 bits per heavy atom. The molecule has 2 N–H and O–H groups in total. The Hall–Kier alpha value is -1.58. The van der Waals surface area contributed by atoms with Crippen molar-refractivity contribution >= 4 is 37.5 Å². The van der Waals surface area contributed by atoms with Crippen molar-refractivity contribution < 1.29 is 4.74 Å². The minimum Gasteiger partial charge on any atom is -0.436 e. The molecule has 2 rings (SSSR count). The van der Waals surface area contributed by atoms with Gasteiger partial charge in [0.2, 0.25) is 5.88 Å². The molecule has 0 saturated heterocycles. The second kappa shape index (κ2) is 5.38. The van der Waals surface area contributed by atoms with Crippen LogP contribution in [0.5, 0.6) is 11.6 Å². The number of rotatable bonds is 2. The third-order valence-electron chi connectivity index (χ3n) is 2.12. The molecule has 1 aromatic heterocycles. The van der Waals surface area contributed by atoms with E-state index in [1.807, 2.05) is 12.1 Å². The largest absolute Gasteiger partial charge is 0.436 e. The Kier molecular flexibility index (Phi) is 3.84. The number of ether oxygens (including phenoxy) is 1. The minimum absolute atomic E-state index is 0.394. The summed E-state index contributed by atoms with van der Waals surface area (Å²) in [5.41, 5.74) is 6.68. The van der Waals surface area contributed by atoms with Gasteiger partial charge in [-0.15, -0.1) is 0 Å². The van der Waals surface area contributed by atoms with Gasteiger partial charge in [0.1, 0.15) is 0 Å². The Morgan fingerprint density at radius 1 is 1.28 bits per heavy atom. The van der Waals surface area contributed by atoms with Crippen LogP contribution in [0.25, 0.3) is 0 Å². The number of halogens is 2. The first-order valence-corrected chi connectivity index (χ1v) is 6.47. The van der Waals surface area contributed by atoms with E-state index in [1.54, 1.807) is 24.4 Å². The topological polar surface area (TPSA) is 71.9 Å². The quantitative estimate of drug-likeness (QED) is 0.817. The molecule has 4 nitrogen and oxygen atoms in total. The van der Waals surface area contributed by atoms with E-state index in [0.29, 0.717) is 27.4 Å². The second-order valence-electron chi connectivity index (χ2n) is 3.41. The normalized spacial score (nSPS) is 9.83. The van der Waals surface area contributed by atoms with Gasteiger partial charge in [-0.3, -0.25) is 0 Å². The number of benzene rings is 1. The third kappa shape index (κ3) is 2.81. The molecule has 18 heavy (non-hydrogen) atoms. The maximum atomic E-state index is 8.75. The average Bonchev–Trinajstić information content (AvgIpc) is 2.34. The van der Waals surface area contributed by atoms with Crippen LogP contribution < -0.4 is 10.5 Å². The van der Waals surface area contributed by atoms with Crippen molar-refractivity contribution in [3.8, 4) is 17.7 Å². The van der Waals surface area contributed by atoms with E-state index in [4.69, 9.17) is 15.7 Å². The van der Waals surface area contributed by atoms with E-state index < -0.39 is 0 Å². The molecule has 0 spiro atoms. The lowest BCUT2D eigenvalue weighted by atomic mass is 10.2. The van der Waals surface area contributed by atoms with Crippen molar-refractivity contribution in [2.75, 3.05) is 5.73 Å². The summed E-state index contributed by atoms with van der Waals surface area (Å²) in [6, 6.07) is 8.67. The SMILES string of the molecule is N#Cc1ccc(Oc2ncc(Br)cc2Br)c(N)c1. The molecule has 2 aromatic rings. The molecule has 0 aliphatic rings. The molecule has 0 fully saturated rings. The molecule has 1 aromatic carbocycles. The highest BCUT2D eigenvalue weighted by Gasteiger charge is 2.08. The van der Waals surface area contributed by atoms with Crippen LogP contribution >= 0.6 is 31.9 Å². The fraction of sp³-hybridized carbons (Fsp3) is 0. The molecule has 90 valence electrons. The lowest BCUT2D eigenvalue weighted by Gasteiger charge is -2.09. The third-order valence-corrected chi connectivity index (χ3v) is 3.12. The zero-order valence-corrected chi connectivity index (χ0v) is 12.2. The first kappa shape index (κ1) is 12.9. The van der Waals surface area contributed by atoms with Crippen LogP contribution in [0.1, 0.15) is 5.56 Å². The molecule has 0 aliphatic heterocycles. The molecule has 0 bridgehead atoms. The predicted octanol–water partition coefficient (Wildman–Crippen LogP) is 3.85. The molecule has 0 radical (unpaired) electrons. The summed E-state index contributed by atoms with van der Waals surface area (Å²) >= 11 is 6.65. The van der Waals surface area contributed by atoms with Gasteiger partial charge in [0.05, 0.1) is 21.8 Å². The smallest absolute Gasteiger partial charge is 0.233 e. The number of nitrogen functional groups attached to an aromatic ring is 1. The van der Waals surface area contributed by atoms with Crippen molar-refractivity contribution in [3.05, 3.63) is 45.0 Å². The highest BCUT2D eigenvalue weighted by atomic mass is 79.9. The van der Waals surface area contributed by atoms with Crippen molar-refractivity contribution in [3.63, 3.8) is 0 Å². The van der Waals surface area contributed by atoms with E-state index in [2.05, 4.69) is 36.8 Å². The lowest BCUT2D eigenvalue weighted by Crippen LogP contribution is -1.95. The highest BCUT2D eigenvalue weighted by molar-refractivity contribution is 9.11. The van der Waals surface area contributed by atoms with Crippen LogP contribution in [0.15, 0.2) is 39.4 Å². The standard InChI is InChI=1S/C12H7Br2N3O/c13-8-4-9(14)12(17-6-8)18-11-2-1-7(5-15)3-10(11)16/h1-4,6H,16H2. The molecule has 1 heterocycles. The van der Waals surface area contributed by atoms with E-state index in [1.165, 1.54) is 0 Å². The van der Waals surface area contributed by atoms with Gasteiger partial charge in [-0.05, 0) is 56.1 Å². The molecule has 0 amide bonds. The van der Waals surface area contributed by atoms with Crippen molar-refractivity contribution in [2.24, 2.45) is 0 Å². The minimum atomic E-state index is 0.394. The van der Waals surface area contributed by atoms with Gasteiger partial charge in [-0.25, -0.2) is 4.98 Å². The molecule has 0 aliphatic carbocycles. The highest BCUT2D eigenvalue weighted by Crippen LogP contribution is 2.32. The summed E-state index contributed by atoms with van der Waals surface area (Å²) in [6.45, 7) is 0. The molecule has 6 heteroatoms. The number of hydrogen-bond donors (Lipinski definition) is 1. The van der Waals surface area contributed by atoms with Crippen molar-refractivity contribution in [2.45, 2.75) is 0 Å². The van der Waals surface area contributed by atoms with Gasteiger partial charge in [-0.2, -0.15) is 5.26 Å². The average molecular weight is 369 g/mol. The number of nitrogens with two attached hydrogens (primary N) is 1. The van der Waals surface area contributed by atoms with E-state index in [9.17, 15) is 0 Å². The number of nitriles is 1. The Labute approximate surface area is 121 Å². The number of hydrogen-bond acceptors (Lipinski definition) is 4. The molecule has 0 atom stereocenters. The van der Waals surface area contributed by atoms with Crippen LogP contribution in [0.3, 0.4) is 0 Å². The first-order chi connectivity index (χ1) is 8.60. The van der Waals surface area contributed by atoms with Gasteiger partial charge >= 0.3 is 0 Å². The molecular weight excluding hydrogens is 362 g/mol. The summed E-state index contributed by atoms with van der Waals surface area (Å²) in [6.07, 6.45) is 1.62. The fourth-order valence-corrected chi connectivity index (χ4v) is 2.36. The van der Waals surface area contributed by atoms with E-state index >= 15 is 0 Å². The summed E-state index contributed by atoms with van der Waals surface area (Å²) in [7, 11) is 0. The maximum absolute atomic E-state index is 8.75. The Morgan fingerprint density at radius 3 is 2.67 bits per heavy atom. The van der Waals surface area contributed by atoms with Crippen LogP contribution in [-0.2, 0) is 0 Å². The second-order valence-corrected chi connectivity index (χ2v) is 5.18. The fourth-order valence-electron chi connectivity index (χ4n) is 1.29. The van der Waals surface area contributed by atoms with Gasteiger partial charge in [0, 0.05) is 10.7 Å². The van der Waals surface area contributed by atoms with Gasteiger partial charge in [-0.1, -0.05) is 0 Å². The summed E-state index contributed by atoms with van der Waals surface area (Å²) in [4.78, 5) is 4.12. The van der Waals surface area contributed by atoms with Crippen LogP contribution in [-0.4, -0.2) is 4.98 Å². The van der Waals surface area contributed by atoms with E-state index in [0.717, 1.165) is 4.47 Å². The molecule has 0 saturated carbocycles. The monoisotopic (exact) mass is 367 g/mol. The van der Waals surface area contributed by atoms with Crippen LogP contribution in [0.4, 0.5) is 5.69 Å². The summed E-state index contributed by atoms with van der Waals surface area (Å²) < 4.78 is 7.13. The Balaban J connectivity index is 2.32. The number of anilines is 1. The molecular formula is C12H7Br2N3O. The zero-order chi connectivity index (χ0) is 13.1. The first-order valence-electron chi connectivity index (χ1n) is 4.88. The van der Waals surface area contributed by atoms with Crippen LogP contribution in [0, 0.1) is 11.3 Å². The summed E-state index contributed by atoms with van der Waals surface area (Å²) in [5.74, 6) is 0.874. The van der Waals surface area contributed by atoms with Gasteiger partial charge < -0.3 is 10.5 Å². The lowest BCUT2D eigenvalue weighted by molar-refractivity contribution is 0.461. The Bertz CT molecular complexity index is 638. The summed E-state index contributed by atoms with van der Waals surface area (Å²) in [5, 5.41) is 8.75. The van der Waals surface area contributed by atoms with Gasteiger partial charge in [0.15, 0.2) is 5.75 Å².